The first kappa shape index (κ1) is 18.0. The maximum Gasteiger partial charge on any atom is 0.311 e. The maximum atomic E-state index is 12.3. The Morgan fingerprint density at radius 2 is 2.00 bits per heavy atom. The number of benzene rings is 1. The average Bonchev–Trinajstić information content (AvgIpc) is 3.00. The SMILES string of the molecule is CC(C)NC(=O)COC(=O)[C@@H]1CC(=O)N(c2ccc3c(c2)OCCO3)C1. The van der Waals surface area contributed by atoms with Gasteiger partial charge in [-0.15, -0.1) is 0 Å². The summed E-state index contributed by atoms with van der Waals surface area (Å²) in [5.41, 5.74) is 0.645. The molecule has 140 valence electrons. The van der Waals surface area contributed by atoms with E-state index in [-0.39, 0.29) is 37.4 Å². The molecule has 0 saturated carbocycles. The third kappa shape index (κ3) is 4.07. The van der Waals surface area contributed by atoms with Gasteiger partial charge in [-0.05, 0) is 26.0 Å². The Morgan fingerprint density at radius 3 is 2.73 bits per heavy atom. The van der Waals surface area contributed by atoms with Gasteiger partial charge in [0.2, 0.25) is 5.91 Å². The number of esters is 1. The van der Waals surface area contributed by atoms with Crippen LogP contribution in [0, 0.1) is 5.92 Å². The summed E-state index contributed by atoms with van der Waals surface area (Å²) in [7, 11) is 0. The number of rotatable bonds is 5. The van der Waals surface area contributed by atoms with Crippen LogP contribution in [0.5, 0.6) is 11.5 Å². The van der Waals surface area contributed by atoms with Crippen molar-refractivity contribution in [2.24, 2.45) is 5.92 Å². The van der Waals surface area contributed by atoms with E-state index in [1.165, 1.54) is 4.90 Å². The Kier molecular flexibility index (Phi) is 5.29. The molecule has 2 aliphatic rings. The largest absolute Gasteiger partial charge is 0.486 e. The third-order valence-electron chi connectivity index (χ3n) is 4.09. The second-order valence-corrected chi connectivity index (χ2v) is 6.56. The maximum absolute atomic E-state index is 12.3. The lowest BCUT2D eigenvalue weighted by Gasteiger charge is -2.22. The molecule has 26 heavy (non-hydrogen) atoms. The van der Waals surface area contributed by atoms with E-state index in [9.17, 15) is 14.4 Å². The van der Waals surface area contributed by atoms with Crippen LogP contribution in [0.25, 0.3) is 0 Å². The molecule has 1 N–H and O–H groups in total. The zero-order valence-corrected chi connectivity index (χ0v) is 14.8. The molecule has 0 unspecified atom stereocenters. The number of nitrogens with zero attached hydrogens (tertiary/aromatic N) is 1. The fourth-order valence-electron chi connectivity index (χ4n) is 2.93. The van der Waals surface area contributed by atoms with Gasteiger partial charge in [0.15, 0.2) is 18.1 Å². The lowest BCUT2D eigenvalue weighted by molar-refractivity contribution is -0.152. The predicted octanol–water partition coefficient (Wildman–Crippen LogP) is 0.878. The van der Waals surface area contributed by atoms with Crippen molar-refractivity contribution in [3.05, 3.63) is 18.2 Å². The van der Waals surface area contributed by atoms with Crippen molar-refractivity contribution in [3.8, 4) is 11.5 Å². The van der Waals surface area contributed by atoms with Crippen LogP contribution in [-0.4, -0.2) is 50.2 Å². The molecule has 8 heteroatoms. The minimum atomic E-state index is -0.595. The molecule has 2 amide bonds. The quantitative estimate of drug-likeness (QED) is 0.782. The van der Waals surface area contributed by atoms with Crippen LogP contribution in [0.2, 0.25) is 0 Å². The Hall–Kier alpha value is -2.77. The molecule has 2 heterocycles. The summed E-state index contributed by atoms with van der Waals surface area (Å²) in [6.45, 7) is 4.46. The van der Waals surface area contributed by atoms with Crippen LogP contribution in [-0.2, 0) is 19.1 Å². The third-order valence-corrected chi connectivity index (χ3v) is 4.09. The van der Waals surface area contributed by atoms with Crippen LogP contribution < -0.4 is 19.7 Å². The van der Waals surface area contributed by atoms with Crippen LogP contribution in [0.15, 0.2) is 18.2 Å². The fraction of sp³-hybridized carbons (Fsp3) is 0.500. The Bertz CT molecular complexity index is 718. The number of carbonyl (C=O) groups excluding carboxylic acids is 3. The minimum Gasteiger partial charge on any atom is -0.486 e. The number of anilines is 1. The van der Waals surface area contributed by atoms with Crippen molar-refractivity contribution in [2.45, 2.75) is 26.3 Å². The summed E-state index contributed by atoms with van der Waals surface area (Å²) >= 11 is 0. The molecule has 1 fully saturated rings. The van der Waals surface area contributed by atoms with Gasteiger partial charge in [-0.3, -0.25) is 14.4 Å². The molecular weight excluding hydrogens is 340 g/mol. The zero-order chi connectivity index (χ0) is 18.7. The molecule has 8 nitrogen and oxygen atoms in total. The normalized spacial score (nSPS) is 18.8. The van der Waals surface area contributed by atoms with E-state index in [1.54, 1.807) is 18.2 Å². The zero-order valence-electron chi connectivity index (χ0n) is 14.8. The van der Waals surface area contributed by atoms with Crippen LogP contribution in [0.1, 0.15) is 20.3 Å². The van der Waals surface area contributed by atoms with E-state index in [1.807, 2.05) is 13.8 Å². The van der Waals surface area contributed by atoms with Gasteiger partial charge in [0.1, 0.15) is 13.2 Å². The molecule has 1 aromatic rings. The number of hydrogen-bond acceptors (Lipinski definition) is 6. The van der Waals surface area contributed by atoms with E-state index in [2.05, 4.69) is 5.32 Å². The summed E-state index contributed by atoms with van der Waals surface area (Å²) in [6.07, 6.45) is 0.0546. The van der Waals surface area contributed by atoms with E-state index in [4.69, 9.17) is 14.2 Å². The van der Waals surface area contributed by atoms with E-state index < -0.39 is 11.9 Å². The average molecular weight is 362 g/mol. The number of hydrogen-bond donors (Lipinski definition) is 1. The van der Waals surface area contributed by atoms with Gasteiger partial charge in [0, 0.05) is 30.8 Å². The highest BCUT2D eigenvalue weighted by Gasteiger charge is 2.36. The van der Waals surface area contributed by atoms with E-state index in [0.717, 1.165) is 0 Å². The topological polar surface area (TPSA) is 94.2 Å². The molecule has 0 radical (unpaired) electrons. The highest BCUT2D eigenvalue weighted by molar-refractivity contribution is 5.99. The van der Waals surface area contributed by atoms with Crippen molar-refractivity contribution in [3.63, 3.8) is 0 Å². The first-order valence-corrected chi connectivity index (χ1v) is 8.60. The molecule has 1 aromatic carbocycles. The van der Waals surface area contributed by atoms with Gasteiger partial charge < -0.3 is 24.4 Å². The highest BCUT2D eigenvalue weighted by atomic mass is 16.6. The Morgan fingerprint density at radius 1 is 1.27 bits per heavy atom. The number of ether oxygens (including phenoxy) is 3. The van der Waals surface area contributed by atoms with E-state index >= 15 is 0 Å². The van der Waals surface area contributed by atoms with Crippen molar-refractivity contribution in [1.82, 2.24) is 5.32 Å². The van der Waals surface area contributed by atoms with Crippen molar-refractivity contribution in [1.29, 1.82) is 0 Å². The van der Waals surface area contributed by atoms with Crippen LogP contribution >= 0.6 is 0 Å². The van der Waals surface area contributed by atoms with Crippen molar-refractivity contribution < 1.29 is 28.6 Å². The number of fused-ring (bicyclic) bond motifs is 1. The van der Waals surface area contributed by atoms with Gasteiger partial charge in [-0.25, -0.2) is 0 Å². The van der Waals surface area contributed by atoms with Gasteiger partial charge in [0.25, 0.3) is 5.91 Å². The highest BCUT2D eigenvalue weighted by Crippen LogP contribution is 2.36. The lowest BCUT2D eigenvalue weighted by Crippen LogP contribution is -2.35. The van der Waals surface area contributed by atoms with Crippen LogP contribution in [0.4, 0.5) is 5.69 Å². The lowest BCUT2D eigenvalue weighted by atomic mass is 10.1. The molecule has 3 rings (SSSR count). The molecular formula is C18H22N2O6. The monoisotopic (exact) mass is 362 g/mol. The van der Waals surface area contributed by atoms with Crippen molar-refractivity contribution in [2.75, 3.05) is 31.3 Å². The molecule has 0 aliphatic carbocycles. The number of carbonyl (C=O) groups is 3. The second kappa shape index (κ2) is 7.63. The van der Waals surface area contributed by atoms with Crippen molar-refractivity contribution >= 4 is 23.5 Å². The first-order chi connectivity index (χ1) is 12.4. The summed E-state index contributed by atoms with van der Waals surface area (Å²) in [5, 5.41) is 2.64. The smallest absolute Gasteiger partial charge is 0.311 e. The standard InChI is InChI=1S/C18H22N2O6/c1-11(2)19-16(21)10-26-18(23)12-7-17(22)20(9-12)13-3-4-14-15(8-13)25-6-5-24-14/h3-4,8,11-12H,5-7,9-10H2,1-2H3,(H,19,21)/t12-/m1/s1. The number of amides is 2. The van der Waals surface area contributed by atoms with Gasteiger partial charge in [0.05, 0.1) is 5.92 Å². The van der Waals surface area contributed by atoms with Gasteiger partial charge in [-0.2, -0.15) is 0 Å². The minimum absolute atomic E-state index is 0.0278. The fourth-order valence-corrected chi connectivity index (χ4v) is 2.93. The molecule has 1 atom stereocenters. The summed E-state index contributed by atoms with van der Waals surface area (Å²) < 4.78 is 16.0. The van der Waals surface area contributed by atoms with Crippen LogP contribution in [0.3, 0.4) is 0 Å². The summed E-state index contributed by atoms with van der Waals surface area (Å²) in [6, 6.07) is 5.21. The molecule has 0 bridgehead atoms. The van der Waals surface area contributed by atoms with E-state index in [0.29, 0.717) is 30.4 Å². The summed E-state index contributed by atoms with van der Waals surface area (Å²) in [5.74, 6) is -0.451. The van der Waals surface area contributed by atoms with Gasteiger partial charge >= 0.3 is 5.97 Å². The molecule has 0 spiro atoms. The number of nitrogens with one attached hydrogen (secondary N) is 1. The van der Waals surface area contributed by atoms with Gasteiger partial charge in [-0.1, -0.05) is 0 Å². The Balaban J connectivity index is 1.60. The molecule has 2 aliphatic heterocycles. The second-order valence-electron chi connectivity index (χ2n) is 6.56. The summed E-state index contributed by atoms with van der Waals surface area (Å²) in [4.78, 5) is 37.6. The molecule has 0 aromatic heterocycles. The molecule has 1 saturated heterocycles. The Labute approximate surface area is 151 Å². The first-order valence-electron chi connectivity index (χ1n) is 8.60. The predicted molar refractivity (Wildman–Crippen MR) is 92.1 cm³/mol.